The van der Waals surface area contributed by atoms with Crippen LogP contribution < -0.4 is 10.1 Å². The van der Waals surface area contributed by atoms with Gasteiger partial charge in [0.2, 0.25) is 0 Å². The van der Waals surface area contributed by atoms with Crippen molar-refractivity contribution in [1.29, 1.82) is 0 Å². The molecule has 2 aromatic carbocycles. The predicted molar refractivity (Wildman–Crippen MR) is 83.0 cm³/mol. The summed E-state index contributed by atoms with van der Waals surface area (Å²) < 4.78 is 19.5. The molecule has 1 aliphatic heterocycles. The normalized spacial score (nSPS) is 13.3. The van der Waals surface area contributed by atoms with Crippen LogP contribution in [0.1, 0.15) is 25.0 Å². The number of halogens is 1. The van der Waals surface area contributed by atoms with Crippen LogP contribution in [0.25, 0.3) is 11.1 Å². The molecule has 0 radical (unpaired) electrons. The zero-order valence-electron chi connectivity index (χ0n) is 12.4. The molecule has 0 aromatic heterocycles. The van der Waals surface area contributed by atoms with Crippen molar-refractivity contribution in [2.45, 2.75) is 32.9 Å². The van der Waals surface area contributed by atoms with E-state index in [0.717, 1.165) is 35.4 Å². The van der Waals surface area contributed by atoms with Gasteiger partial charge in [0.25, 0.3) is 0 Å². The molecule has 0 atom stereocenters. The highest BCUT2D eigenvalue weighted by molar-refractivity contribution is 5.75. The number of ether oxygens (including phenoxy) is 1. The first-order valence-electron chi connectivity index (χ1n) is 7.42. The van der Waals surface area contributed by atoms with Gasteiger partial charge in [0, 0.05) is 24.6 Å². The summed E-state index contributed by atoms with van der Waals surface area (Å²) in [6.45, 7) is 5.64. The quantitative estimate of drug-likeness (QED) is 0.919. The minimum atomic E-state index is -0.214. The second-order valence-electron chi connectivity index (χ2n) is 5.73. The van der Waals surface area contributed by atoms with Gasteiger partial charge in [-0.2, -0.15) is 0 Å². The monoisotopic (exact) mass is 285 g/mol. The van der Waals surface area contributed by atoms with Crippen molar-refractivity contribution >= 4 is 0 Å². The average Bonchev–Trinajstić information content (AvgIpc) is 2.94. The lowest BCUT2D eigenvalue weighted by Crippen LogP contribution is -2.22. The Morgan fingerprint density at radius 3 is 2.86 bits per heavy atom. The second kappa shape index (κ2) is 5.86. The molecular weight excluding hydrogens is 265 g/mol. The van der Waals surface area contributed by atoms with E-state index in [1.807, 2.05) is 18.2 Å². The van der Waals surface area contributed by atoms with Crippen LogP contribution in [0.5, 0.6) is 5.75 Å². The van der Waals surface area contributed by atoms with Crippen molar-refractivity contribution in [3.63, 3.8) is 0 Å². The van der Waals surface area contributed by atoms with E-state index in [0.29, 0.717) is 12.6 Å². The summed E-state index contributed by atoms with van der Waals surface area (Å²) in [5.74, 6) is 0.697. The number of benzene rings is 2. The molecule has 0 amide bonds. The maximum absolute atomic E-state index is 13.7. The summed E-state index contributed by atoms with van der Waals surface area (Å²) in [5, 5.41) is 3.40. The Hall–Kier alpha value is -1.87. The third kappa shape index (κ3) is 2.93. The van der Waals surface area contributed by atoms with E-state index in [9.17, 15) is 4.39 Å². The molecule has 1 heterocycles. The Morgan fingerprint density at radius 2 is 2.05 bits per heavy atom. The minimum absolute atomic E-state index is 0.214. The summed E-state index contributed by atoms with van der Waals surface area (Å²) in [4.78, 5) is 0. The first kappa shape index (κ1) is 14.1. The molecule has 0 saturated carbocycles. The highest BCUT2D eigenvalue weighted by Crippen LogP contribution is 2.38. The fourth-order valence-electron chi connectivity index (χ4n) is 2.69. The van der Waals surface area contributed by atoms with Gasteiger partial charge in [0.05, 0.1) is 6.61 Å². The molecule has 2 nitrogen and oxygen atoms in total. The van der Waals surface area contributed by atoms with Gasteiger partial charge in [-0.3, -0.25) is 0 Å². The van der Waals surface area contributed by atoms with Crippen molar-refractivity contribution in [1.82, 2.24) is 5.32 Å². The van der Waals surface area contributed by atoms with Crippen molar-refractivity contribution in [2.24, 2.45) is 0 Å². The van der Waals surface area contributed by atoms with Gasteiger partial charge < -0.3 is 10.1 Å². The Kier molecular flexibility index (Phi) is 3.93. The number of hydrogen-bond acceptors (Lipinski definition) is 2. The van der Waals surface area contributed by atoms with Crippen LogP contribution in [0.4, 0.5) is 4.39 Å². The second-order valence-corrected chi connectivity index (χ2v) is 5.73. The molecule has 0 spiro atoms. The standard InChI is InChI=1S/C18H20FNO/c1-12(2)20-11-14-6-7-15(19)10-17(14)16-5-3-4-13-8-9-21-18(13)16/h3-7,10,12,20H,8-9,11H2,1-2H3. The maximum Gasteiger partial charge on any atom is 0.130 e. The molecule has 21 heavy (non-hydrogen) atoms. The first-order valence-corrected chi connectivity index (χ1v) is 7.42. The Morgan fingerprint density at radius 1 is 1.19 bits per heavy atom. The molecule has 3 rings (SSSR count). The summed E-state index contributed by atoms with van der Waals surface area (Å²) >= 11 is 0. The van der Waals surface area contributed by atoms with Gasteiger partial charge in [-0.1, -0.05) is 38.1 Å². The van der Waals surface area contributed by atoms with E-state index in [1.54, 1.807) is 6.07 Å². The third-order valence-electron chi connectivity index (χ3n) is 3.78. The van der Waals surface area contributed by atoms with E-state index in [1.165, 1.54) is 11.6 Å². The molecule has 1 N–H and O–H groups in total. The SMILES string of the molecule is CC(C)NCc1ccc(F)cc1-c1cccc2c1OCC2. The van der Waals surface area contributed by atoms with Crippen molar-refractivity contribution in [3.05, 3.63) is 53.3 Å². The lowest BCUT2D eigenvalue weighted by atomic mass is 9.96. The summed E-state index contributed by atoms with van der Waals surface area (Å²) in [7, 11) is 0. The van der Waals surface area contributed by atoms with Gasteiger partial charge in [-0.25, -0.2) is 4.39 Å². The lowest BCUT2D eigenvalue weighted by Gasteiger charge is -2.15. The summed E-state index contributed by atoms with van der Waals surface area (Å²) in [6.07, 6.45) is 0.929. The molecule has 1 aliphatic rings. The molecule has 110 valence electrons. The van der Waals surface area contributed by atoms with Gasteiger partial charge in [-0.05, 0) is 28.8 Å². The fraction of sp³-hybridized carbons (Fsp3) is 0.333. The fourth-order valence-corrected chi connectivity index (χ4v) is 2.69. The molecule has 0 bridgehead atoms. The van der Waals surface area contributed by atoms with E-state index in [-0.39, 0.29) is 5.82 Å². The number of hydrogen-bond donors (Lipinski definition) is 1. The van der Waals surface area contributed by atoms with E-state index >= 15 is 0 Å². The molecule has 0 fully saturated rings. The smallest absolute Gasteiger partial charge is 0.130 e. The van der Waals surface area contributed by atoms with Crippen LogP contribution in [-0.4, -0.2) is 12.6 Å². The lowest BCUT2D eigenvalue weighted by molar-refractivity contribution is 0.358. The number of fused-ring (bicyclic) bond motifs is 1. The zero-order valence-corrected chi connectivity index (χ0v) is 12.4. The van der Waals surface area contributed by atoms with Crippen molar-refractivity contribution < 1.29 is 9.13 Å². The summed E-state index contributed by atoms with van der Waals surface area (Å²) in [6, 6.07) is 11.5. The Balaban J connectivity index is 2.05. The molecule has 0 saturated heterocycles. The zero-order chi connectivity index (χ0) is 14.8. The Labute approximate surface area is 125 Å². The molecule has 0 unspecified atom stereocenters. The summed E-state index contributed by atoms with van der Waals surface area (Å²) in [5.41, 5.74) is 4.21. The highest BCUT2D eigenvalue weighted by atomic mass is 19.1. The van der Waals surface area contributed by atoms with E-state index in [4.69, 9.17) is 4.74 Å². The van der Waals surface area contributed by atoms with Crippen LogP contribution in [0.15, 0.2) is 36.4 Å². The van der Waals surface area contributed by atoms with E-state index in [2.05, 4.69) is 25.2 Å². The van der Waals surface area contributed by atoms with Gasteiger partial charge in [-0.15, -0.1) is 0 Å². The molecular formula is C18H20FNO. The van der Waals surface area contributed by atoms with E-state index < -0.39 is 0 Å². The van der Waals surface area contributed by atoms with Gasteiger partial charge in [0.15, 0.2) is 0 Å². The number of para-hydroxylation sites is 1. The third-order valence-corrected chi connectivity index (χ3v) is 3.78. The maximum atomic E-state index is 13.7. The largest absolute Gasteiger partial charge is 0.492 e. The number of rotatable bonds is 4. The van der Waals surface area contributed by atoms with Gasteiger partial charge >= 0.3 is 0 Å². The number of nitrogens with one attached hydrogen (secondary N) is 1. The van der Waals surface area contributed by atoms with Crippen LogP contribution in [-0.2, 0) is 13.0 Å². The van der Waals surface area contributed by atoms with Crippen molar-refractivity contribution in [3.8, 4) is 16.9 Å². The molecule has 3 heteroatoms. The predicted octanol–water partition coefficient (Wildman–Crippen LogP) is 3.93. The minimum Gasteiger partial charge on any atom is -0.492 e. The van der Waals surface area contributed by atoms with Gasteiger partial charge in [0.1, 0.15) is 11.6 Å². The average molecular weight is 285 g/mol. The van der Waals surface area contributed by atoms with Crippen LogP contribution >= 0.6 is 0 Å². The van der Waals surface area contributed by atoms with Crippen LogP contribution in [0.3, 0.4) is 0 Å². The topological polar surface area (TPSA) is 21.3 Å². The molecule has 0 aliphatic carbocycles. The van der Waals surface area contributed by atoms with Crippen molar-refractivity contribution in [2.75, 3.05) is 6.61 Å². The van der Waals surface area contributed by atoms with Crippen LogP contribution in [0, 0.1) is 5.82 Å². The Bertz CT molecular complexity index is 652. The first-order chi connectivity index (χ1) is 10.1. The molecule has 2 aromatic rings. The van der Waals surface area contributed by atoms with Crippen LogP contribution in [0.2, 0.25) is 0 Å². The highest BCUT2D eigenvalue weighted by Gasteiger charge is 2.19.